The van der Waals surface area contributed by atoms with E-state index in [4.69, 9.17) is 22.1 Å². The Hall–Kier alpha value is -4.40. The zero-order valence-corrected chi connectivity index (χ0v) is 23.6. The number of carbonyl (C=O) groups is 2. The average molecular weight is 572 g/mol. The number of benzene rings is 3. The first-order chi connectivity index (χ1) is 19.2. The molecule has 0 bridgehead atoms. The minimum Gasteiger partial charge on any atom is -0.466 e. The summed E-state index contributed by atoms with van der Waals surface area (Å²) < 4.78 is 7.05. The number of nitrogens with two attached hydrogens (primary N) is 1. The molecule has 1 atom stereocenters. The van der Waals surface area contributed by atoms with Gasteiger partial charge in [0, 0.05) is 10.7 Å². The Morgan fingerprint density at radius 2 is 1.55 bits per heavy atom. The molecular formula is C31H26ClN3O4S. The second-order valence-electron chi connectivity index (χ2n) is 9.48. The summed E-state index contributed by atoms with van der Waals surface area (Å²) in [6.07, 6.45) is 1.75. The Balaban J connectivity index is 1.82. The largest absolute Gasteiger partial charge is 0.466 e. The van der Waals surface area contributed by atoms with E-state index >= 15 is 0 Å². The number of thiazole rings is 1. The molecular weight excluding hydrogens is 546 g/mol. The van der Waals surface area contributed by atoms with E-state index in [1.54, 1.807) is 30.3 Å². The third-order valence-corrected chi connectivity index (χ3v) is 8.05. The topological polar surface area (TPSA) is 103 Å². The van der Waals surface area contributed by atoms with Gasteiger partial charge in [-0.2, -0.15) is 0 Å². The normalized spacial score (nSPS) is 15.2. The van der Waals surface area contributed by atoms with Crippen molar-refractivity contribution in [2.24, 2.45) is 5.73 Å². The molecule has 1 aliphatic rings. The van der Waals surface area contributed by atoms with Gasteiger partial charge in [-0.25, -0.2) is 4.79 Å². The highest BCUT2D eigenvalue weighted by molar-refractivity contribution is 7.07. The molecule has 5 rings (SSSR count). The van der Waals surface area contributed by atoms with Crippen molar-refractivity contribution in [1.29, 1.82) is 0 Å². The Morgan fingerprint density at radius 1 is 0.950 bits per heavy atom. The second kappa shape index (κ2) is 11.0. The van der Waals surface area contributed by atoms with Crippen LogP contribution in [-0.2, 0) is 14.3 Å². The first kappa shape index (κ1) is 27.2. The van der Waals surface area contributed by atoms with Crippen molar-refractivity contribution in [3.05, 3.63) is 125 Å². The summed E-state index contributed by atoms with van der Waals surface area (Å²) in [5.41, 5.74) is 10.4. The van der Waals surface area contributed by atoms with E-state index in [1.165, 1.54) is 11.7 Å². The summed E-state index contributed by atoms with van der Waals surface area (Å²) in [5, 5.41) is 3.42. The summed E-state index contributed by atoms with van der Waals surface area (Å²) in [5.74, 6) is -2.17. The maximum absolute atomic E-state index is 14.0. The maximum Gasteiger partial charge on any atom is 0.338 e. The summed E-state index contributed by atoms with van der Waals surface area (Å²) in [4.78, 5) is 41.0. The van der Waals surface area contributed by atoms with Gasteiger partial charge in [0.05, 0.1) is 28.7 Å². The van der Waals surface area contributed by atoms with Gasteiger partial charge in [0.15, 0.2) is 0 Å². The Labute approximate surface area is 239 Å². The molecule has 2 heterocycles. The molecule has 3 aromatic carbocycles. The lowest BCUT2D eigenvalue weighted by atomic mass is 9.82. The molecule has 0 aliphatic carbocycles. The molecule has 1 aliphatic heterocycles. The number of hydrogen-bond donors (Lipinski definition) is 2. The van der Waals surface area contributed by atoms with Crippen LogP contribution >= 0.6 is 22.9 Å². The van der Waals surface area contributed by atoms with E-state index in [-0.39, 0.29) is 17.0 Å². The van der Waals surface area contributed by atoms with Crippen LogP contribution in [-0.4, -0.2) is 23.6 Å². The van der Waals surface area contributed by atoms with E-state index in [0.717, 1.165) is 28.0 Å². The molecule has 0 spiro atoms. The molecule has 3 N–H and O–H groups in total. The fourth-order valence-electron chi connectivity index (χ4n) is 4.62. The number of aromatic nitrogens is 1. The number of esters is 1. The highest BCUT2D eigenvalue weighted by atomic mass is 35.5. The predicted molar refractivity (Wildman–Crippen MR) is 159 cm³/mol. The Bertz CT molecular complexity index is 1830. The Morgan fingerprint density at radius 3 is 2.15 bits per heavy atom. The van der Waals surface area contributed by atoms with Crippen LogP contribution < -0.4 is 25.8 Å². The summed E-state index contributed by atoms with van der Waals surface area (Å²) >= 11 is 7.18. The quantitative estimate of drug-likeness (QED) is 0.354. The van der Waals surface area contributed by atoms with Crippen LogP contribution in [0.3, 0.4) is 0 Å². The van der Waals surface area contributed by atoms with Gasteiger partial charge in [0.1, 0.15) is 10.5 Å². The number of hydrogen-bond acceptors (Lipinski definition) is 6. The highest BCUT2D eigenvalue weighted by Gasteiger charge is 2.39. The van der Waals surface area contributed by atoms with Crippen LogP contribution in [0.25, 0.3) is 17.5 Å². The standard InChI is InChI=1S/C31H26ClN3O4S/c1-17-4-8-19(9-5-17)16-23-29(37)35-27(33)25(31(38)39-3)24(20-10-6-18(2)7-11-20)26(30(35)40-23)28(36)34-22-14-12-21(32)13-15-22/h4-16,24H,33H2,1-3H3,(H,34,36)/b23-16+. The molecule has 0 saturated carbocycles. The van der Waals surface area contributed by atoms with Crippen molar-refractivity contribution in [1.82, 2.24) is 4.57 Å². The lowest BCUT2D eigenvalue weighted by molar-refractivity contribution is -0.136. The zero-order valence-electron chi connectivity index (χ0n) is 22.0. The molecule has 9 heteroatoms. The van der Waals surface area contributed by atoms with Crippen molar-refractivity contribution in [3.63, 3.8) is 0 Å². The minimum atomic E-state index is -0.884. The predicted octanol–water partition coefficient (Wildman–Crippen LogP) is 3.90. The fraction of sp³-hybridized carbons (Fsp3) is 0.129. The molecule has 0 saturated heterocycles. The number of anilines is 1. The fourth-order valence-corrected chi connectivity index (χ4v) is 5.92. The third kappa shape index (κ3) is 5.11. The number of fused-ring (bicyclic) bond motifs is 1. The molecule has 40 heavy (non-hydrogen) atoms. The molecule has 1 unspecified atom stereocenters. The monoisotopic (exact) mass is 571 g/mol. The average Bonchev–Trinajstić information content (AvgIpc) is 3.26. The van der Waals surface area contributed by atoms with E-state index in [1.807, 2.05) is 62.4 Å². The van der Waals surface area contributed by atoms with Gasteiger partial charge in [-0.1, -0.05) is 71.3 Å². The highest BCUT2D eigenvalue weighted by Crippen LogP contribution is 2.37. The van der Waals surface area contributed by atoms with Crippen LogP contribution in [0.5, 0.6) is 0 Å². The third-order valence-electron chi connectivity index (χ3n) is 6.69. The number of nitrogens with one attached hydrogen (secondary N) is 1. The van der Waals surface area contributed by atoms with E-state index in [0.29, 0.717) is 25.5 Å². The number of halogens is 1. The molecule has 1 aromatic heterocycles. The smallest absolute Gasteiger partial charge is 0.338 e. The number of amides is 1. The summed E-state index contributed by atoms with van der Waals surface area (Å²) in [6.45, 7) is 3.92. The molecule has 7 nitrogen and oxygen atoms in total. The van der Waals surface area contributed by atoms with Gasteiger partial charge in [0.25, 0.3) is 11.5 Å². The van der Waals surface area contributed by atoms with Crippen LogP contribution in [0.1, 0.15) is 28.2 Å². The molecule has 0 radical (unpaired) electrons. The maximum atomic E-state index is 14.0. The van der Waals surface area contributed by atoms with Crippen LogP contribution in [0.2, 0.25) is 5.02 Å². The Kier molecular flexibility index (Phi) is 7.47. The van der Waals surface area contributed by atoms with Gasteiger partial charge < -0.3 is 15.8 Å². The number of aryl methyl sites for hydroxylation is 2. The van der Waals surface area contributed by atoms with Crippen molar-refractivity contribution in [3.8, 4) is 0 Å². The molecule has 0 fully saturated rings. The van der Waals surface area contributed by atoms with Gasteiger partial charge in [-0.3, -0.25) is 14.2 Å². The van der Waals surface area contributed by atoms with Crippen molar-refractivity contribution >= 4 is 58.0 Å². The first-order valence-electron chi connectivity index (χ1n) is 12.4. The van der Waals surface area contributed by atoms with E-state index < -0.39 is 23.4 Å². The van der Waals surface area contributed by atoms with Crippen LogP contribution in [0.15, 0.2) is 83.2 Å². The van der Waals surface area contributed by atoms with Gasteiger partial charge in [-0.05, 0) is 55.3 Å². The number of nitrogens with zero attached hydrogens (tertiary/aromatic N) is 1. The van der Waals surface area contributed by atoms with Crippen molar-refractivity contribution in [2.45, 2.75) is 19.8 Å². The molecule has 1 amide bonds. The number of carbonyl (C=O) groups excluding carboxylic acids is 2. The van der Waals surface area contributed by atoms with Gasteiger partial charge in [0.2, 0.25) is 0 Å². The van der Waals surface area contributed by atoms with Gasteiger partial charge >= 0.3 is 5.97 Å². The van der Waals surface area contributed by atoms with Crippen molar-refractivity contribution < 1.29 is 14.3 Å². The van der Waals surface area contributed by atoms with Crippen molar-refractivity contribution in [2.75, 3.05) is 12.4 Å². The molecule has 202 valence electrons. The zero-order chi connectivity index (χ0) is 28.6. The lowest BCUT2D eigenvalue weighted by Crippen LogP contribution is -2.42. The number of methoxy groups -OCH3 is 1. The number of rotatable bonds is 5. The van der Waals surface area contributed by atoms with E-state index in [2.05, 4.69) is 5.32 Å². The second-order valence-corrected chi connectivity index (χ2v) is 10.9. The SMILES string of the molecule is COC(=O)C1=C(N)n2c(s/c(=C/c3ccc(C)cc3)c2=O)=C(C(=O)Nc2ccc(Cl)cc2)C1c1ccc(C)cc1. The van der Waals surface area contributed by atoms with Crippen LogP contribution in [0, 0.1) is 13.8 Å². The van der Waals surface area contributed by atoms with Crippen LogP contribution in [0.4, 0.5) is 5.69 Å². The van der Waals surface area contributed by atoms with Gasteiger partial charge in [-0.15, -0.1) is 11.3 Å². The van der Waals surface area contributed by atoms with E-state index in [9.17, 15) is 14.4 Å². The minimum absolute atomic E-state index is 0.0156. The first-order valence-corrected chi connectivity index (χ1v) is 13.6. The number of ether oxygens (including phenoxy) is 1. The summed E-state index contributed by atoms with van der Waals surface area (Å²) in [7, 11) is 1.24. The summed E-state index contributed by atoms with van der Waals surface area (Å²) in [6, 6.07) is 21.8. The molecule has 4 aromatic rings. The lowest BCUT2D eigenvalue weighted by Gasteiger charge is -2.27.